The van der Waals surface area contributed by atoms with Crippen LogP contribution in [-0.4, -0.2) is 28.2 Å². The van der Waals surface area contributed by atoms with E-state index < -0.39 is 4.92 Å². The summed E-state index contributed by atoms with van der Waals surface area (Å²) in [6, 6.07) is 18.3. The van der Waals surface area contributed by atoms with Crippen molar-refractivity contribution in [1.82, 2.24) is 4.98 Å². The lowest BCUT2D eigenvalue weighted by Crippen LogP contribution is -2.14. The number of benzene rings is 2. The predicted octanol–water partition coefficient (Wildman–Crippen LogP) is 3.72. The van der Waals surface area contributed by atoms with E-state index >= 15 is 0 Å². The Hall–Kier alpha value is -2.99. The fourth-order valence-corrected chi connectivity index (χ4v) is 2.82. The molecule has 0 aliphatic rings. The number of hydrogen-bond donors (Lipinski definition) is 2. The summed E-state index contributed by atoms with van der Waals surface area (Å²) < 4.78 is 0. The lowest BCUT2D eigenvalue weighted by molar-refractivity contribution is -0.384. The number of nitrogens with one attached hydrogen (secondary N) is 1. The fraction of sp³-hybridized carbons (Fsp3) is 0.211. The first-order valence-corrected chi connectivity index (χ1v) is 8.12. The summed E-state index contributed by atoms with van der Waals surface area (Å²) in [5.74, 6) is 0.890. The molecule has 2 aromatic carbocycles. The Morgan fingerprint density at radius 2 is 1.92 bits per heavy atom. The summed E-state index contributed by atoms with van der Waals surface area (Å²) in [4.78, 5) is 14.9. The third kappa shape index (κ3) is 4.10. The van der Waals surface area contributed by atoms with Crippen LogP contribution in [0.3, 0.4) is 0 Å². The van der Waals surface area contributed by atoms with Gasteiger partial charge in [-0.1, -0.05) is 30.3 Å². The highest BCUT2D eigenvalue weighted by Gasteiger charge is 2.12. The van der Waals surface area contributed by atoms with Gasteiger partial charge in [0.1, 0.15) is 5.82 Å². The highest BCUT2D eigenvalue weighted by atomic mass is 16.6. The molecule has 0 aliphatic heterocycles. The Kier molecular flexibility index (Phi) is 5.20. The smallest absolute Gasteiger partial charge is 0.270 e. The van der Waals surface area contributed by atoms with Gasteiger partial charge < -0.3 is 10.4 Å². The topological polar surface area (TPSA) is 88.3 Å². The van der Waals surface area contributed by atoms with Gasteiger partial charge in [-0.3, -0.25) is 10.1 Å². The number of fused-ring (bicyclic) bond motifs is 1. The van der Waals surface area contributed by atoms with E-state index in [0.717, 1.165) is 5.39 Å². The number of nitro groups is 1. The molecular weight excluding hydrogens is 318 g/mol. The van der Waals surface area contributed by atoms with E-state index in [1.54, 1.807) is 6.07 Å². The van der Waals surface area contributed by atoms with Gasteiger partial charge in [-0.05, 0) is 30.2 Å². The van der Waals surface area contributed by atoms with Crippen molar-refractivity contribution in [2.45, 2.75) is 12.3 Å². The Bertz CT molecular complexity index is 868. The largest absolute Gasteiger partial charge is 0.396 e. The van der Waals surface area contributed by atoms with Gasteiger partial charge >= 0.3 is 0 Å². The van der Waals surface area contributed by atoms with Crippen LogP contribution in [0.15, 0.2) is 60.7 Å². The second-order valence-electron chi connectivity index (χ2n) is 5.83. The zero-order chi connectivity index (χ0) is 17.6. The average molecular weight is 337 g/mol. The van der Waals surface area contributed by atoms with Crippen LogP contribution in [0.25, 0.3) is 10.9 Å². The molecule has 1 unspecified atom stereocenters. The summed E-state index contributed by atoms with van der Waals surface area (Å²) in [6.07, 6.45) is 0.663. The molecule has 3 aromatic rings. The third-order valence-electron chi connectivity index (χ3n) is 4.16. The van der Waals surface area contributed by atoms with E-state index in [1.807, 2.05) is 30.3 Å². The molecule has 0 spiro atoms. The first-order chi connectivity index (χ1) is 12.2. The molecule has 0 fully saturated rings. The molecule has 6 nitrogen and oxygen atoms in total. The van der Waals surface area contributed by atoms with Crippen LogP contribution < -0.4 is 5.32 Å². The normalized spacial score (nSPS) is 12.0. The van der Waals surface area contributed by atoms with Crippen molar-refractivity contribution < 1.29 is 10.0 Å². The van der Waals surface area contributed by atoms with Crippen molar-refractivity contribution in [3.05, 3.63) is 76.3 Å². The molecule has 0 saturated heterocycles. The van der Waals surface area contributed by atoms with Gasteiger partial charge in [-0.25, -0.2) is 4.98 Å². The number of aliphatic hydroxyl groups is 1. The van der Waals surface area contributed by atoms with Gasteiger partial charge in [0, 0.05) is 36.6 Å². The predicted molar refractivity (Wildman–Crippen MR) is 97.8 cm³/mol. The zero-order valence-electron chi connectivity index (χ0n) is 13.6. The molecule has 0 radical (unpaired) electrons. The number of aromatic nitrogens is 1. The van der Waals surface area contributed by atoms with Gasteiger partial charge in [-0.15, -0.1) is 0 Å². The molecule has 1 aromatic heterocycles. The highest BCUT2D eigenvalue weighted by Crippen LogP contribution is 2.23. The van der Waals surface area contributed by atoms with E-state index in [1.165, 1.54) is 17.7 Å². The number of anilines is 1. The first-order valence-electron chi connectivity index (χ1n) is 8.12. The summed E-state index contributed by atoms with van der Waals surface area (Å²) in [7, 11) is 0. The van der Waals surface area contributed by atoms with Gasteiger partial charge in [0.05, 0.1) is 10.4 Å². The number of non-ortho nitro benzene ring substituents is 1. The lowest BCUT2D eigenvalue weighted by atomic mass is 9.96. The summed E-state index contributed by atoms with van der Waals surface area (Å²) in [6.45, 7) is 0.770. The van der Waals surface area contributed by atoms with Crippen molar-refractivity contribution in [3.63, 3.8) is 0 Å². The Labute approximate surface area is 145 Å². The molecule has 0 amide bonds. The van der Waals surface area contributed by atoms with Crippen LogP contribution in [0, 0.1) is 10.1 Å². The highest BCUT2D eigenvalue weighted by molar-refractivity contribution is 5.82. The maximum absolute atomic E-state index is 10.8. The van der Waals surface area contributed by atoms with Gasteiger partial charge in [0.25, 0.3) is 5.69 Å². The van der Waals surface area contributed by atoms with Gasteiger partial charge in [0.2, 0.25) is 0 Å². The van der Waals surface area contributed by atoms with E-state index in [4.69, 9.17) is 0 Å². The van der Waals surface area contributed by atoms with E-state index in [0.29, 0.717) is 24.3 Å². The Morgan fingerprint density at radius 3 is 2.64 bits per heavy atom. The minimum absolute atomic E-state index is 0.0575. The molecule has 6 heteroatoms. The number of aliphatic hydroxyl groups excluding tert-OH is 1. The Balaban J connectivity index is 1.75. The van der Waals surface area contributed by atoms with E-state index in [2.05, 4.69) is 22.4 Å². The van der Waals surface area contributed by atoms with Crippen LogP contribution in [-0.2, 0) is 0 Å². The van der Waals surface area contributed by atoms with Crippen LogP contribution in [0.4, 0.5) is 11.5 Å². The lowest BCUT2D eigenvalue weighted by Gasteiger charge is -2.17. The molecule has 2 N–H and O–H groups in total. The molecular formula is C19H19N3O3. The molecule has 0 saturated carbocycles. The maximum atomic E-state index is 10.8. The average Bonchev–Trinajstić information content (AvgIpc) is 2.65. The van der Waals surface area contributed by atoms with Crippen molar-refractivity contribution in [2.24, 2.45) is 0 Å². The molecule has 0 bridgehead atoms. The van der Waals surface area contributed by atoms with Gasteiger partial charge in [-0.2, -0.15) is 0 Å². The molecule has 128 valence electrons. The van der Waals surface area contributed by atoms with E-state index in [9.17, 15) is 15.2 Å². The number of pyridine rings is 1. The third-order valence-corrected chi connectivity index (χ3v) is 4.16. The van der Waals surface area contributed by atoms with Crippen molar-refractivity contribution in [1.29, 1.82) is 0 Å². The first kappa shape index (κ1) is 16.9. The van der Waals surface area contributed by atoms with Crippen molar-refractivity contribution in [2.75, 3.05) is 18.5 Å². The van der Waals surface area contributed by atoms with E-state index in [-0.39, 0.29) is 18.2 Å². The van der Waals surface area contributed by atoms with Crippen molar-refractivity contribution in [3.8, 4) is 0 Å². The van der Waals surface area contributed by atoms with Crippen LogP contribution >= 0.6 is 0 Å². The SMILES string of the molecule is O=[N+]([O-])c1ccc2nc(NCC(CCO)c3ccccc3)ccc2c1. The van der Waals surface area contributed by atoms with Crippen LogP contribution in [0.1, 0.15) is 17.9 Å². The number of hydrogen-bond acceptors (Lipinski definition) is 5. The molecule has 25 heavy (non-hydrogen) atoms. The quantitative estimate of drug-likeness (QED) is 0.507. The monoisotopic (exact) mass is 337 g/mol. The minimum Gasteiger partial charge on any atom is -0.396 e. The number of rotatable bonds is 7. The molecule has 1 heterocycles. The second kappa shape index (κ2) is 7.72. The van der Waals surface area contributed by atoms with Crippen LogP contribution in [0.2, 0.25) is 0 Å². The van der Waals surface area contributed by atoms with Gasteiger partial charge in [0.15, 0.2) is 0 Å². The fourth-order valence-electron chi connectivity index (χ4n) is 2.82. The van der Waals surface area contributed by atoms with Crippen LogP contribution in [0.5, 0.6) is 0 Å². The van der Waals surface area contributed by atoms with Crippen molar-refractivity contribution >= 4 is 22.4 Å². The molecule has 3 rings (SSSR count). The molecule has 1 atom stereocenters. The summed E-state index contributed by atoms with van der Waals surface area (Å²) >= 11 is 0. The molecule has 0 aliphatic carbocycles. The minimum atomic E-state index is -0.412. The second-order valence-corrected chi connectivity index (χ2v) is 5.83. The standard InChI is InChI=1S/C19H19N3O3/c23-11-10-16(14-4-2-1-3-5-14)13-20-19-9-6-15-12-17(22(24)25)7-8-18(15)21-19/h1-9,12,16,23H,10-11,13H2,(H,20,21). The number of nitrogens with zero attached hydrogens (tertiary/aromatic N) is 2. The Morgan fingerprint density at radius 1 is 1.12 bits per heavy atom. The zero-order valence-corrected chi connectivity index (χ0v) is 13.6. The summed E-state index contributed by atoms with van der Waals surface area (Å²) in [5.41, 5.74) is 1.93. The maximum Gasteiger partial charge on any atom is 0.270 e. The summed E-state index contributed by atoms with van der Waals surface area (Å²) in [5, 5.41) is 24.2. The number of nitro benzene ring substituents is 1.